The van der Waals surface area contributed by atoms with Crippen LogP contribution in [0, 0.1) is 0 Å². The minimum atomic E-state index is -0.113. The first-order valence-electron chi connectivity index (χ1n) is 5.17. The lowest BCUT2D eigenvalue weighted by molar-refractivity contribution is 0.0873. The molecule has 78 valence electrons. The highest BCUT2D eigenvalue weighted by Crippen LogP contribution is 2.18. The van der Waals surface area contributed by atoms with Gasteiger partial charge in [-0.3, -0.25) is 0 Å². The highest BCUT2D eigenvalue weighted by Gasteiger charge is 2.23. The molecule has 2 N–H and O–H groups in total. The molecular weight excluding hydrogens is 182 g/mol. The van der Waals surface area contributed by atoms with E-state index in [2.05, 4.69) is 18.5 Å². The van der Waals surface area contributed by atoms with E-state index in [4.69, 9.17) is 0 Å². The zero-order valence-corrected chi connectivity index (χ0v) is 9.44. The van der Waals surface area contributed by atoms with Crippen molar-refractivity contribution in [1.82, 2.24) is 5.32 Å². The third-order valence-corrected chi connectivity index (χ3v) is 3.48. The molecule has 0 amide bonds. The van der Waals surface area contributed by atoms with Crippen LogP contribution in [0.2, 0.25) is 0 Å². The summed E-state index contributed by atoms with van der Waals surface area (Å²) in [5, 5.41) is 13.2. The van der Waals surface area contributed by atoms with Gasteiger partial charge in [-0.25, -0.2) is 0 Å². The van der Waals surface area contributed by atoms with Crippen LogP contribution in [0.25, 0.3) is 0 Å². The van der Waals surface area contributed by atoms with E-state index in [0.29, 0.717) is 12.1 Å². The van der Waals surface area contributed by atoms with Gasteiger partial charge in [-0.05, 0) is 26.0 Å². The third kappa shape index (κ3) is 3.88. The van der Waals surface area contributed by atoms with Crippen LogP contribution < -0.4 is 5.32 Å². The van der Waals surface area contributed by atoms with E-state index in [9.17, 15) is 5.11 Å². The quantitative estimate of drug-likeness (QED) is 0.728. The maximum Gasteiger partial charge on any atom is 0.0693 e. The van der Waals surface area contributed by atoms with Gasteiger partial charge in [0.15, 0.2) is 0 Å². The number of nitrogens with one attached hydrogen (secondary N) is 1. The van der Waals surface area contributed by atoms with E-state index < -0.39 is 0 Å². The van der Waals surface area contributed by atoms with E-state index >= 15 is 0 Å². The molecule has 0 radical (unpaired) electrons. The molecule has 1 unspecified atom stereocenters. The zero-order valence-electron chi connectivity index (χ0n) is 8.62. The summed E-state index contributed by atoms with van der Waals surface area (Å²) in [5.74, 6) is 1.13. The minimum absolute atomic E-state index is 0.113. The molecule has 3 atom stereocenters. The molecule has 0 aromatic carbocycles. The van der Waals surface area contributed by atoms with Crippen LogP contribution >= 0.6 is 11.8 Å². The van der Waals surface area contributed by atoms with Crippen molar-refractivity contribution in [2.24, 2.45) is 0 Å². The molecule has 0 aromatic heterocycles. The lowest BCUT2D eigenvalue weighted by atomic mass is 9.92. The molecule has 0 bridgehead atoms. The molecule has 0 saturated heterocycles. The highest BCUT2D eigenvalue weighted by atomic mass is 32.2. The Labute approximate surface area is 85.5 Å². The average molecular weight is 203 g/mol. The van der Waals surface area contributed by atoms with Gasteiger partial charge in [0.1, 0.15) is 0 Å². The van der Waals surface area contributed by atoms with Gasteiger partial charge < -0.3 is 10.4 Å². The molecule has 1 saturated carbocycles. The van der Waals surface area contributed by atoms with Crippen molar-refractivity contribution < 1.29 is 5.11 Å². The standard InChI is InChI=1S/C10H21NOS/c1-8(7-13-2)11-9-5-3-4-6-10(9)12/h8-12H,3-7H2,1-2H3/t8?,9-,10-/m1/s1. The normalized spacial score (nSPS) is 31.6. The van der Waals surface area contributed by atoms with Crippen molar-refractivity contribution in [3.63, 3.8) is 0 Å². The molecule has 13 heavy (non-hydrogen) atoms. The topological polar surface area (TPSA) is 32.3 Å². The van der Waals surface area contributed by atoms with E-state index in [-0.39, 0.29) is 6.10 Å². The summed E-state index contributed by atoms with van der Waals surface area (Å²) in [6.45, 7) is 2.19. The molecule has 1 aliphatic carbocycles. The van der Waals surface area contributed by atoms with Gasteiger partial charge in [-0.1, -0.05) is 12.8 Å². The molecular formula is C10H21NOS. The second-order valence-corrected chi connectivity index (χ2v) is 4.89. The number of hydrogen-bond donors (Lipinski definition) is 2. The summed E-state index contributed by atoms with van der Waals surface area (Å²) < 4.78 is 0. The fraction of sp³-hybridized carbons (Fsp3) is 1.00. The predicted molar refractivity (Wildman–Crippen MR) is 59.2 cm³/mol. The third-order valence-electron chi connectivity index (χ3n) is 2.64. The molecule has 1 rings (SSSR count). The van der Waals surface area contributed by atoms with Crippen molar-refractivity contribution in [2.45, 2.75) is 50.8 Å². The van der Waals surface area contributed by atoms with Gasteiger partial charge in [-0.2, -0.15) is 11.8 Å². The lowest BCUT2D eigenvalue weighted by Gasteiger charge is -2.30. The first-order valence-corrected chi connectivity index (χ1v) is 6.56. The molecule has 3 heteroatoms. The van der Waals surface area contributed by atoms with Crippen molar-refractivity contribution in [1.29, 1.82) is 0 Å². The van der Waals surface area contributed by atoms with Crippen LogP contribution in [0.15, 0.2) is 0 Å². The van der Waals surface area contributed by atoms with Crippen molar-refractivity contribution >= 4 is 11.8 Å². The second-order valence-electron chi connectivity index (χ2n) is 3.98. The Morgan fingerprint density at radius 2 is 2.15 bits per heavy atom. The van der Waals surface area contributed by atoms with Crippen molar-refractivity contribution in [3.05, 3.63) is 0 Å². The number of aliphatic hydroxyl groups excluding tert-OH is 1. The molecule has 0 aliphatic heterocycles. The Bertz CT molecular complexity index is 143. The monoisotopic (exact) mass is 203 g/mol. The predicted octanol–water partition coefficient (Wildman–Crippen LogP) is 1.63. The molecule has 2 nitrogen and oxygen atoms in total. The fourth-order valence-electron chi connectivity index (χ4n) is 1.97. The van der Waals surface area contributed by atoms with Crippen LogP contribution in [-0.4, -0.2) is 35.3 Å². The summed E-state index contributed by atoms with van der Waals surface area (Å²) >= 11 is 1.86. The van der Waals surface area contributed by atoms with Crippen LogP contribution in [0.4, 0.5) is 0 Å². The first-order chi connectivity index (χ1) is 6.24. The van der Waals surface area contributed by atoms with E-state index in [1.165, 1.54) is 12.8 Å². The second kappa shape index (κ2) is 5.89. The maximum absolute atomic E-state index is 9.72. The number of thioether (sulfide) groups is 1. The Morgan fingerprint density at radius 1 is 1.46 bits per heavy atom. The van der Waals surface area contributed by atoms with E-state index in [1.54, 1.807) is 0 Å². The van der Waals surface area contributed by atoms with Gasteiger partial charge in [0.2, 0.25) is 0 Å². The lowest BCUT2D eigenvalue weighted by Crippen LogP contribution is -2.46. The van der Waals surface area contributed by atoms with E-state index in [0.717, 1.165) is 18.6 Å². The van der Waals surface area contributed by atoms with Crippen LogP contribution in [-0.2, 0) is 0 Å². The Balaban J connectivity index is 2.25. The Hall–Kier alpha value is 0.270. The minimum Gasteiger partial charge on any atom is -0.392 e. The summed E-state index contributed by atoms with van der Waals surface area (Å²) in [6, 6.07) is 0.864. The van der Waals surface area contributed by atoms with Gasteiger partial charge in [-0.15, -0.1) is 0 Å². The summed E-state index contributed by atoms with van der Waals surface area (Å²) in [7, 11) is 0. The number of aliphatic hydroxyl groups is 1. The Morgan fingerprint density at radius 3 is 2.77 bits per heavy atom. The van der Waals surface area contributed by atoms with Gasteiger partial charge in [0, 0.05) is 17.8 Å². The summed E-state index contributed by atoms with van der Waals surface area (Å²) in [6.07, 6.45) is 6.58. The highest BCUT2D eigenvalue weighted by molar-refractivity contribution is 7.98. The smallest absolute Gasteiger partial charge is 0.0693 e. The van der Waals surface area contributed by atoms with Crippen LogP contribution in [0.3, 0.4) is 0 Å². The number of hydrogen-bond acceptors (Lipinski definition) is 3. The molecule has 0 heterocycles. The van der Waals surface area contributed by atoms with E-state index in [1.807, 2.05) is 11.8 Å². The van der Waals surface area contributed by atoms with Gasteiger partial charge >= 0.3 is 0 Å². The van der Waals surface area contributed by atoms with Crippen LogP contribution in [0.1, 0.15) is 32.6 Å². The molecule has 1 aliphatic rings. The zero-order chi connectivity index (χ0) is 9.68. The molecule has 0 spiro atoms. The van der Waals surface area contributed by atoms with Crippen molar-refractivity contribution in [3.8, 4) is 0 Å². The maximum atomic E-state index is 9.72. The van der Waals surface area contributed by atoms with Crippen LogP contribution in [0.5, 0.6) is 0 Å². The fourth-order valence-corrected chi connectivity index (χ4v) is 2.57. The summed E-state index contributed by atoms with van der Waals surface area (Å²) in [5.41, 5.74) is 0. The SMILES string of the molecule is CSCC(C)N[C@@H]1CCCC[C@H]1O. The summed E-state index contributed by atoms with van der Waals surface area (Å²) in [4.78, 5) is 0. The Kier molecular flexibility index (Phi) is 5.14. The van der Waals surface area contributed by atoms with Gasteiger partial charge in [0.25, 0.3) is 0 Å². The average Bonchev–Trinajstić information content (AvgIpc) is 2.09. The molecule has 1 fully saturated rings. The first kappa shape index (κ1) is 11.3. The van der Waals surface area contributed by atoms with Gasteiger partial charge in [0.05, 0.1) is 6.10 Å². The number of rotatable bonds is 4. The largest absolute Gasteiger partial charge is 0.392 e. The van der Waals surface area contributed by atoms with Crippen molar-refractivity contribution in [2.75, 3.05) is 12.0 Å². The molecule has 0 aromatic rings.